The van der Waals surface area contributed by atoms with Crippen LogP contribution in [0.4, 0.5) is 4.79 Å². The zero-order valence-corrected chi connectivity index (χ0v) is 9.51. The number of nitrogens with zero attached hydrogens (tertiary/aromatic N) is 1. The average Bonchev–Trinajstić information content (AvgIpc) is 2.60. The number of aliphatic hydroxyl groups is 1. The summed E-state index contributed by atoms with van der Waals surface area (Å²) in [6.07, 6.45) is 0.132. The fraction of sp³-hybridized carbons (Fsp3) is 0.800. The summed E-state index contributed by atoms with van der Waals surface area (Å²) in [7, 11) is 0. The lowest BCUT2D eigenvalue weighted by Crippen LogP contribution is -2.48. The van der Waals surface area contributed by atoms with E-state index in [1.165, 1.54) is 4.90 Å². The number of carboxylic acid groups (broad SMARTS) is 1. The topological polar surface area (TPSA) is 89.9 Å². The van der Waals surface area contributed by atoms with Crippen molar-refractivity contribution in [2.75, 3.05) is 6.54 Å². The van der Waals surface area contributed by atoms with Gasteiger partial charge in [-0.1, -0.05) is 6.92 Å². The predicted octanol–water partition coefficient (Wildman–Crippen LogP) is 0.0143. The second kappa shape index (κ2) is 5.16. The molecule has 3 atom stereocenters. The first-order valence-electron chi connectivity index (χ1n) is 5.43. The number of hydrogen-bond donors (Lipinski definition) is 3. The molecule has 1 rings (SSSR count). The zero-order valence-electron chi connectivity index (χ0n) is 9.51. The number of nitrogens with one attached hydrogen (secondary N) is 1. The van der Waals surface area contributed by atoms with Crippen molar-refractivity contribution >= 4 is 12.0 Å². The van der Waals surface area contributed by atoms with Gasteiger partial charge in [-0.15, -0.1) is 0 Å². The van der Waals surface area contributed by atoms with E-state index in [1.54, 1.807) is 0 Å². The first-order valence-corrected chi connectivity index (χ1v) is 5.43. The van der Waals surface area contributed by atoms with Crippen molar-refractivity contribution < 1.29 is 19.8 Å². The highest BCUT2D eigenvalue weighted by molar-refractivity contribution is 5.83. The number of aliphatic hydroxyl groups excluding tert-OH is 1. The van der Waals surface area contributed by atoms with Crippen LogP contribution in [0.25, 0.3) is 0 Å². The summed E-state index contributed by atoms with van der Waals surface area (Å²) < 4.78 is 0. The van der Waals surface area contributed by atoms with Gasteiger partial charge in [-0.2, -0.15) is 0 Å². The van der Waals surface area contributed by atoms with E-state index < -0.39 is 24.1 Å². The molecule has 3 N–H and O–H groups in total. The van der Waals surface area contributed by atoms with Gasteiger partial charge in [0.15, 0.2) is 0 Å². The molecule has 0 spiro atoms. The van der Waals surface area contributed by atoms with Crippen molar-refractivity contribution in [3.05, 3.63) is 0 Å². The second-order valence-electron chi connectivity index (χ2n) is 4.15. The largest absolute Gasteiger partial charge is 0.480 e. The maximum atomic E-state index is 11.7. The van der Waals surface area contributed by atoms with E-state index in [2.05, 4.69) is 5.32 Å². The number of amides is 2. The smallest absolute Gasteiger partial charge is 0.326 e. The minimum absolute atomic E-state index is 0.000289. The second-order valence-corrected chi connectivity index (χ2v) is 4.15. The number of β-amino-alcohol motifs (C(OH)–C–C–N with tert-alkyl or cyclic N) is 1. The molecule has 0 aromatic rings. The number of hydrogen-bond acceptors (Lipinski definition) is 3. The van der Waals surface area contributed by atoms with Gasteiger partial charge < -0.3 is 20.4 Å². The number of likely N-dealkylation sites (tertiary alicyclic amines) is 1. The highest BCUT2D eigenvalue weighted by atomic mass is 16.4. The Morgan fingerprint density at radius 2 is 2.19 bits per heavy atom. The highest BCUT2D eigenvalue weighted by Gasteiger charge is 2.39. The van der Waals surface area contributed by atoms with E-state index in [0.29, 0.717) is 0 Å². The SMILES string of the molecule is CCC(C)NC(=O)N1C[C@H](O)C[C@H]1C(=O)O. The van der Waals surface area contributed by atoms with Gasteiger partial charge in [-0.25, -0.2) is 9.59 Å². The lowest BCUT2D eigenvalue weighted by atomic mass is 10.2. The molecule has 0 bridgehead atoms. The molecule has 0 radical (unpaired) electrons. The Kier molecular flexibility index (Phi) is 4.12. The summed E-state index contributed by atoms with van der Waals surface area (Å²) in [5, 5.41) is 21.0. The fourth-order valence-corrected chi connectivity index (χ4v) is 1.67. The van der Waals surface area contributed by atoms with E-state index >= 15 is 0 Å². The molecule has 1 aliphatic heterocycles. The van der Waals surface area contributed by atoms with Gasteiger partial charge in [0.25, 0.3) is 0 Å². The molecule has 1 aliphatic rings. The Morgan fingerprint density at radius 3 is 2.69 bits per heavy atom. The predicted molar refractivity (Wildman–Crippen MR) is 57.0 cm³/mol. The molecule has 92 valence electrons. The van der Waals surface area contributed by atoms with Crippen LogP contribution in [-0.2, 0) is 4.79 Å². The van der Waals surface area contributed by atoms with Crippen LogP contribution in [0.2, 0.25) is 0 Å². The summed E-state index contributed by atoms with van der Waals surface area (Å²) >= 11 is 0. The van der Waals surface area contributed by atoms with Crippen molar-refractivity contribution in [1.29, 1.82) is 0 Å². The summed E-state index contributed by atoms with van der Waals surface area (Å²) in [5.41, 5.74) is 0. The van der Waals surface area contributed by atoms with Crippen LogP contribution in [0.15, 0.2) is 0 Å². The summed E-state index contributed by atoms with van der Waals surface area (Å²) in [6.45, 7) is 3.86. The number of carbonyl (C=O) groups is 2. The van der Waals surface area contributed by atoms with Crippen LogP contribution < -0.4 is 5.32 Å². The van der Waals surface area contributed by atoms with Crippen LogP contribution in [0.1, 0.15) is 26.7 Å². The third kappa shape index (κ3) is 2.85. The van der Waals surface area contributed by atoms with E-state index in [-0.39, 0.29) is 19.0 Å². The monoisotopic (exact) mass is 230 g/mol. The third-order valence-corrected chi connectivity index (χ3v) is 2.81. The quantitative estimate of drug-likeness (QED) is 0.637. The van der Waals surface area contributed by atoms with Gasteiger partial charge in [0, 0.05) is 19.0 Å². The van der Waals surface area contributed by atoms with E-state index in [1.807, 2.05) is 13.8 Å². The summed E-state index contributed by atoms with van der Waals surface area (Å²) in [4.78, 5) is 23.8. The lowest BCUT2D eigenvalue weighted by molar-refractivity contribution is -0.141. The lowest BCUT2D eigenvalue weighted by Gasteiger charge is -2.23. The van der Waals surface area contributed by atoms with Gasteiger partial charge in [0.1, 0.15) is 6.04 Å². The van der Waals surface area contributed by atoms with E-state index in [9.17, 15) is 14.7 Å². The zero-order chi connectivity index (χ0) is 12.3. The molecule has 1 unspecified atom stereocenters. The van der Waals surface area contributed by atoms with Crippen LogP contribution in [0, 0.1) is 0 Å². The highest BCUT2D eigenvalue weighted by Crippen LogP contribution is 2.18. The standard InChI is InChI=1S/C10H18N2O4/c1-3-6(2)11-10(16)12-5-7(13)4-8(12)9(14)15/h6-8,13H,3-5H2,1-2H3,(H,11,16)(H,14,15)/t6?,7-,8+/m1/s1. The van der Waals surface area contributed by atoms with E-state index in [0.717, 1.165) is 6.42 Å². The first-order chi connectivity index (χ1) is 7.45. The van der Waals surface area contributed by atoms with E-state index in [4.69, 9.17) is 5.11 Å². The minimum Gasteiger partial charge on any atom is -0.480 e. The molecule has 6 nitrogen and oxygen atoms in total. The molecular weight excluding hydrogens is 212 g/mol. The van der Waals surface area contributed by atoms with Gasteiger partial charge in [0.05, 0.1) is 6.10 Å². The molecular formula is C10H18N2O4. The molecule has 0 aliphatic carbocycles. The normalized spacial score (nSPS) is 26.6. The molecule has 0 saturated carbocycles. The van der Waals surface area contributed by atoms with Gasteiger partial charge >= 0.3 is 12.0 Å². The van der Waals surface area contributed by atoms with Crippen molar-refractivity contribution in [3.8, 4) is 0 Å². The van der Waals surface area contributed by atoms with Crippen molar-refractivity contribution in [1.82, 2.24) is 10.2 Å². The molecule has 1 fully saturated rings. The number of rotatable bonds is 3. The van der Waals surface area contributed by atoms with Gasteiger partial charge in [0.2, 0.25) is 0 Å². The van der Waals surface area contributed by atoms with Crippen molar-refractivity contribution in [2.24, 2.45) is 0 Å². The number of carbonyl (C=O) groups excluding carboxylic acids is 1. The average molecular weight is 230 g/mol. The molecule has 1 saturated heterocycles. The van der Waals surface area contributed by atoms with Crippen molar-refractivity contribution in [2.45, 2.75) is 44.9 Å². The molecule has 16 heavy (non-hydrogen) atoms. The van der Waals surface area contributed by atoms with Crippen LogP contribution in [-0.4, -0.2) is 51.8 Å². The summed E-state index contributed by atoms with van der Waals surface area (Å²) in [6, 6.07) is -1.34. The maximum absolute atomic E-state index is 11.7. The Balaban J connectivity index is 2.63. The third-order valence-electron chi connectivity index (χ3n) is 2.81. The number of carboxylic acids is 1. The first kappa shape index (κ1) is 12.8. The minimum atomic E-state index is -1.07. The molecule has 0 aromatic carbocycles. The molecule has 0 aromatic heterocycles. The van der Waals surface area contributed by atoms with Crippen molar-refractivity contribution in [3.63, 3.8) is 0 Å². The van der Waals surface area contributed by atoms with Crippen LogP contribution in [0.3, 0.4) is 0 Å². The number of aliphatic carboxylic acids is 1. The number of urea groups is 1. The molecule has 6 heteroatoms. The van der Waals surface area contributed by atoms with Crippen LogP contribution in [0.5, 0.6) is 0 Å². The molecule has 1 heterocycles. The Labute approximate surface area is 94.2 Å². The maximum Gasteiger partial charge on any atom is 0.326 e. The molecule has 2 amide bonds. The Bertz CT molecular complexity index is 282. The Hall–Kier alpha value is -1.30. The van der Waals surface area contributed by atoms with Gasteiger partial charge in [-0.05, 0) is 13.3 Å². The fourth-order valence-electron chi connectivity index (χ4n) is 1.67. The van der Waals surface area contributed by atoms with Crippen LogP contribution >= 0.6 is 0 Å². The van der Waals surface area contributed by atoms with Gasteiger partial charge in [-0.3, -0.25) is 0 Å². The Morgan fingerprint density at radius 1 is 1.56 bits per heavy atom. The summed E-state index contributed by atoms with van der Waals surface area (Å²) in [5.74, 6) is -1.07.